The number of carbonyl (C=O) groups is 1. The number of hydrogen-bond acceptors (Lipinski definition) is 2. The van der Waals surface area contributed by atoms with Crippen LogP contribution in [0.15, 0.2) is 18.5 Å². The van der Waals surface area contributed by atoms with Gasteiger partial charge in [0.2, 0.25) is 0 Å². The molecule has 0 aliphatic carbocycles. The highest BCUT2D eigenvalue weighted by Gasteiger charge is 2.15. The van der Waals surface area contributed by atoms with Crippen LogP contribution in [0.5, 0.6) is 0 Å². The predicted octanol–water partition coefficient (Wildman–Crippen LogP) is 2.70. The Morgan fingerprint density at radius 1 is 1.47 bits per heavy atom. The van der Waals surface area contributed by atoms with E-state index in [2.05, 4.69) is 4.98 Å². The summed E-state index contributed by atoms with van der Waals surface area (Å²) in [5.74, 6) is -0.253. The van der Waals surface area contributed by atoms with Gasteiger partial charge >= 0.3 is 0 Å². The van der Waals surface area contributed by atoms with Gasteiger partial charge in [0.15, 0.2) is 5.82 Å². The summed E-state index contributed by atoms with van der Waals surface area (Å²) in [6.07, 6.45) is 5.25. The molecular formula is C12H16ClFN2O. The summed E-state index contributed by atoms with van der Waals surface area (Å²) in [5.41, 5.74) is 0.0693. The lowest BCUT2D eigenvalue weighted by Crippen LogP contribution is -2.28. The average Bonchev–Trinajstić information content (AvgIpc) is 2.34. The fourth-order valence-corrected chi connectivity index (χ4v) is 1.67. The molecule has 94 valence electrons. The molecule has 1 rings (SSSR count). The fourth-order valence-electron chi connectivity index (χ4n) is 1.48. The maximum absolute atomic E-state index is 13.3. The van der Waals surface area contributed by atoms with Crippen LogP contribution in [0, 0.1) is 5.82 Å². The normalized spacial score (nSPS) is 10.3. The number of hydrogen-bond donors (Lipinski definition) is 0. The van der Waals surface area contributed by atoms with Crippen molar-refractivity contribution in [2.45, 2.75) is 19.3 Å². The van der Waals surface area contributed by atoms with Crippen LogP contribution < -0.4 is 0 Å². The Morgan fingerprint density at radius 2 is 2.24 bits per heavy atom. The van der Waals surface area contributed by atoms with Crippen LogP contribution in [0.4, 0.5) is 4.39 Å². The van der Waals surface area contributed by atoms with Gasteiger partial charge in [-0.25, -0.2) is 4.39 Å². The van der Waals surface area contributed by atoms with Gasteiger partial charge in [0.25, 0.3) is 5.91 Å². The molecule has 0 bridgehead atoms. The smallest absolute Gasteiger partial charge is 0.256 e. The largest absolute Gasteiger partial charge is 0.342 e. The number of halogens is 2. The van der Waals surface area contributed by atoms with Gasteiger partial charge in [-0.1, -0.05) is 6.42 Å². The monoisotopic (exact) mass is 258 g/mol. The van der Waals surface area contributed by atoms with Crippen molar-refractivity contribution in [3.63, 3.8) is 0 Å². The highest BCUT2D eigenvalue weighted by atomic mass is 35.5. The van der Waals surface area contributed by atoms with Gasteiger partial charge in [0.1, 0.15) is 0 Å². The number of amides is 1. The Kier molecular flexibility index (Phi) is 5.91. The number of carbonyl (C=O) groups excluding carboxylic acids is 1. The molecule has 5 heteroatoms. The summed E-state index contributed by atoms with van der Waals surface area (Å²) in [6.45, 7) is 0.609. The molecule has 0 N–H and O–H groups in total. The van der Waals surface area contributed by atoms with Gasteiger partial charge < -0.3 is 4.90 Å². The zero-order chi connectivity index (χ0) is 12.7. The second kappa shape index (κ2) is 7.22. The highest BCUT2D eigenvalue weighted by Crippen LogP contribution is 2.08. The molecule has 17 heavy (non-hydrogen) atoms. The molecule has 0 spiro atoms. The highest BCUT2D eigenvalue weighted by molar-refractivity contribution is 6.17. The molecule has 1 aromatic rings. The van der Waals surface area contributed by atoms with E-state index < -0.39 is 5.82 Å². The molecule has 1 heterocycles. The fraction of sp³-hybridized carbons (Fsp3) is 0.500. The molecule has 0 unspecified atom stereocenters. The zero-order valence-corrected chi connectivity index (χ0v) is 10.6. The molecule has 0 fully saturated rings. The summed E-state index contributed by atoms with van der Waals surface area (Å²) in [7, 11) is 1.67. The van der Waals surface area contributed by atoms with E-state index in [1.165, 1.54) is 17.2 Å². The molecule has 0 saturated carbocycles. The quantitative estimate of drug-likeness (QED) is 0.581. The first-order valence-corrected chi connectivity index (χ1v) is 6.11. The Bertz CT molecular complexity index is 373. The van der Waals surface area contributed by atoms with Gasteiger partial charge in [-0.3, -0.25) is 9.78 Å². The second-order valence-electron chi connectivity index (χ2n) is 3.83. The number of alkyl halides is 1. The van der Waals surface area contributed by atoms with Gasteiger partial charge in [-0.05, 0) is 18.9 Å². The minimum Gasteiger partial charge on any atom is -0.342 e. The molecule has 0 aliphatic heterocycles. The van der Waals surface area contributed by atoms with Crippen molar-refractivity contribution in [1.82, 2.24) is 9.88 Å². The van der Waals surface area contributed by atoms with E-state index in [1.807, 2.05) is 0 Å². The Hall–Kier alpha value is -1.16. The third-order valence-electron chi connectivity index (χ3n) is 2.48. The minimum absolute atomic E-state index is 0.0693. The summed E-state index contributed by atoms with van der Waals surface area (Å²) in [6, 6.07) is 1.40. The number of pyridine rings is 1. The van der Waals surface area contributed by atoms with Crippen LogP contribution in [0.1, 0.15) is 29.6 Å². The summed E-state index contributed by atoms with van der Waals surface area (Å²) in [5, 5.41) is 0. The summed E-state index contributed by atoms with van der Waals surface area (Å²) in [4.78, 5) is 17.0. The van der Waals surface area contributed by atoms with E-state index in [-0.39, 0.29) is 11.5 Å². The second-order valence-corrected chi connectivity index (χ2v) is 4.21. The van der Waals surface area contributed by atoms with Crippen molar-refractivity contribution in [2.75, 3.05) is 19.5 Å². The van der Waals surface area contributed by atoms with Crippen LogP contribution in [-0.4, -0.2) is 35.3 Å². The van der Waals surface area contributed by atoms with Crippen molar-refractivity contribution in [3.8, 4) is 0 Å². The first-order chi connectivity index (χ1) is 8.16. The van der Waals surface area contributed by atoms with Gasteiger partial charge in [-0.15, -0.1) is 11.6 Å². The summed E-state index contributed by atoms with van der Waals surface area (Å²) < 4.78 is 13.3. The van der Waals surface area contributed by atoms with E-state index >= 15 is 0 Å². The van der Waals surface area contributed by atoms with Crippen LogP contribution in [0.3, 0.4) is 0 Å². The molecular weight excluding hydrogens is 243 g/mol. The maximum atomic E-state index is 13.3. The lowest BCUT2D eigenvalue weighted by atomic mass is 10.2. The Morgan fingerprint density at radius 3 is 2.88 bits per heavy atom. The average molecular weight is 259 g/mol. The van der Waals surface area contributed by atoms with Crippen LogP contribution in [-0.2, 0) is 0 Å². The molecule has 0 aliphatic rings. The lowest BCUT2D eigenvalue weighted by molar-refractivity contribution is 0.0788. The lowest BCUT2D eigenvalue weighted by Gasteiger charge is -2.17. The van der Waals surface area contributed by atoms with Crippen molar-refractivity contribution in [1.29, 1.82) is 0 Å². The Balaban J connectivity index is 2.49. The maximum Gasteiger partial charge on any atom is 0.256 e. The van der Waals surface area contributed by atoms with Crippen molar-refractivity contribution in [3.05, 3.63) is 29.8 Å². The van der Waals surface area contributed by atoms with Crippen molar-refractivity contribution >= 4 is 17.5 Å². The molecule has 0 aromatic carbocycles. The van der Waals surface area contributed by atoms with E-state index in [9.17, 15) is 9.18 Å². The van der Waals surface area contributed by atoms with E-state index in [0.29, 0.717) is 12.4 Å². The third-order valence-corrected chi connectivity index (χ3v) is 2.74. The van der Waals surface area contributed by atoms with E-state index in [0.717, 1.165) is 25.5 Å². The molecule has 1 amide bonds. The zero-order valence-electron chi connectivity index (χ0n) is 9.83. The topological polar surface area (TPSA) is 33.2 Å². The van der Waals surface area contributed by atoms with Crippen LogP contribution in [0.2, 0.25) is 0 Å². The third kappa shape index (κ3) is 4.30. The van der Waals surface area contributed by atoms with Gasteiger partial charge in [0.05, 0.1) is 11.8 Å². The van der Waals surface area contributed by atoms with Gasteiger partial charge in [-0.2, -0.15) is 0 Å². The molecule has 0 radical (unpaired) electrons. The van der Waals surface area contributed by atoms with Crippen molar-refractivity contribution < 1.29 is 9.18 Å². The number of rotatable bonds is 6. The van der Waals surface area contributed by atoms with E-state index in [1.54, 1.807) is 7.05 Å². The molecule has 1 aromatic heterocycles. The van der Waals surface area contributed by atoms with Crippen LogP contribution >= 0.6 is 11.6 Å². The molecule has 3 nitrogen and oxygen atoms in total. The number of aromatic nitrogens is 1. The number of nitrogens with zero attached hydrogens (tertiary/aromatic N) is 2. The SMILES string of the molecule is CN(CCCCCCl)C(=O)c1ccncc1F. The Labute approximate surface area is 106 Å². The van der Waals surface area contributed by atoms with Crippen LogP contribution in [0.25, 0.3) is 0 Å². The van der Waals surface area contributed by atoms with Crippen molar-refractivity contribution in [2.24, 2.45) is 0 Å². The first kappa shape index (κ1) is 13.9. The summed E-state index contributed by atoms with van der Waals surface area (Å²) >= 11 is 5.56. The first-order valence-electron chi connectivity index (χ1n) is 5.57. The van der Waals surface area contributed by atoms with E-state index in [4.69, 9.17) is 11.6 Å². The molecule has 0 saturated heterocycles. The minimum atomic E-state index is -0.579. The standard InChI is InChI=1S/C12H16ClFN2O/c1-16(8-4-2-3-6-13)12(17)10-5-7-15-9-11(10)14/h5,7,9H,2-4,6,8H2,1H3. The van der Waals surface area contributed by atoms with Gasteiger partial charge in [0, 0.05) is 25.7 Å². The predicted molar refractivity (Wildman–Crippen MR) is 65.7 cm³/mol. The molecule has 0 atom stereocenters. The number of unbranched alkanes of at least 4 members (excludes halogenated alkanes) is 2.